The molecule has 0 fully saturated rings. The zero-order valence-electron chi connectivity index (χ0n) is 14.3. The molecule has 3 rings (SSSR count). The number of primary amides is 2. The van der Waals surface area contributed by atoms with Crippen LogP contribution < -0.4 is 21.5 Å². The van der Waals surface area contributed by atoms with Gasteiger partial charge in [0.1, 0.15) is 10.8 Å². The Labute approximate surface area is 164 Å². The smallest absolute Gasteiger partial charge is 0.262 e. The fourth-order valence-electron chi connectivity index (χ4n) is 3.04. The molecule has 5 N–H and O–H groups in total. The first-order chi connectivity index (χ1) is 12.9. The molecule has 3 amide bonds. The molecule has 0 radical (unpaired) electrons. The number of benzene rings is 1. The zero-order chi connectivity index (χ0) is 19.6. The third-order valence-corrected chi connectivity index (χ3v) is 5.68. The molecule has 1 heterocycles. The lowest BCUT2D eigenvalue weighted by atomic mass is 9.95. The third-order valence-electron chi connectivity index (χ3n) is 4.24. The highest BCUT2D eigenvalue weighted by atomic mass is 35.5. The van der Waals surface area contributed by atoms with E-state index in [-0.39, 0.29) is 17.9 Å². The maximum Gasteiger partial charge on any atom is 0.262 e. The summed E-state index contributed by atoms with van der Waals surface area (Å²) in [6.45, 7) is -0.358. The van der Waals surface area contributed by atoms with Crippen LogP contribution in [0.5, 0.6) is 5.75 Å². The van der Waals surface area contributed by atoms with Crippen LogP contribution in [0.2, 0.25) is 5.02 Å². The van der Waals surface area contributed by atoms with Gasteiger partial charge in [-0.15, -0.1) is 11.3 Å². The molecule has 2 aromatic rings. The molecule has 142 valence electrons. The summed E-state index contributed by atoms with van der Waals surface area (Å²) in [5, 5.41) is 3.46. The minimum absolute atomic E-state index is 0.0831. The molecule has 0 bridgehead atoms. The topological polar surface area (TPSA) is 125 Å². The predicted octanol–water partition coefficient (Wildman–Crippen LogP) is 2.50. The lowest BCUT2D eigenvalue weighted by molar-refractivity contribution is -0.118. The molecular weight excluding hydrogens is 390 g/mol. The molecule has 0 spiro atoms. The summed E-state index contributed by atoms with van der Waals surface area (Å²) in [5.74, 6) is -1.58. The van der Waals surface area contributed by atoms with Crippen molar-refractivity contribution in [1.29, 1.82) is 0 Å². The largest absolute Gasteiger partial charge is 0.483 e. The fourth-order valence-corrected chi connectivity index (χ4v) is 4.52. The molecule has 1 aromatic heterocycles. The number of ether oxygens (including phenoxy) is 1. The Morgan fingerprint density at radius 2 is 1.89 bits per heavy atom. The number of rotatable bonds is 6. The number of nitrogens with two attached hydrogens (primary N) is 2. The number of hydrogen-bond donors (Lipinski definition) is 3. The first-order valence-corrected chi connectivity index (χ1v) is 9.52. The van der Waals surface area contributed by atoms with Crippen molar-refractivity contribution < 1.29 is 19.1 Å². The molecule has 0 atom stereocenters. The van der Waals surface area contributed by atoms with Gasteiger partial charge in [-0.3, -0.25) is 14.4 Å². The van der Waals surface area contributed by atoms with Gasteiger partial charge in [-0.25, -0.2) is 0 Å². The zero-order valence-corrected chi connectivity index (χ0v) is 15.9. The van der Waals surface area contributed by atoms with Gasteiger partial charge in [-0.2, -0.15) is 0 Å². The average molecular weight is 408 g/mol. The molecule has 1 aliphatic carbocycles. The van der Waals surface area contributed by atoms with Crippen molar-refractivity contribution in [2.24, 2.45) is 11.5 Å². The van der Waals surface area contributed by atoms with Crippen molar-refractivity contribution in [3.63, 3.8) is 0 Å². The Morgan fingerprint density at radius 1 is 1.15 bits per heavy atom. The van der Waals surface area contributed by atoms with Gasteiger partial charge in [-0.1, -0.05) is 11.6 Å². The number of anilines is 1. The molecule has 7 nitrogen and oxygen atoms in total. The van der Waals surface area contributed by atoms with Gasteiger partial charge in [0.25, 0.3) is 17.7 Å². The summed E-state index contributed by atoms with van der Waals surface area (Å²) in [6.07, 6.45) is 3.70. The van der Waals surface area contributed by atoms with Crippen LogP contribution in [0.25, 0.3) is 0 Å². The Morgan fingerprint density at radius 3 is 2.59 bits per heavy atom. The Balaban J connectivity index is 1.73. The number of hydrogen-bond acceptors (Lipinski definition) is 5. The maximum atomic E-state index is 12.3. The molecule has 9 heteroatoms. The van der Waals surface area contributed by atoms with Crippen LogP contribution in [0.3, 0.4) is 0 Å². The van der Waals surface area contributed by atoms with E-state index in [1.54, 1.807) is 0 Å². The normalized spacial score (nSPS) is 12.9. The van der Waals surface area contributed by atoms with Gasteiger partial charge in [0.2, 0.25) is 0 Å². The van der Waals surface area contributed by atoms with Gasteiger partial charge in [0.05, 0.1) is 11.1 Å². The van der Waals surface area contributed by atoms with Gasteiger partial charge in [-0.05, 0) is 49.4 Å². The molecule has 0 unspecified atom stereocenters. The fraction of sp³-hybridized carbons (Fsp3) is 0.278. The van der Waals surface area contributed by atoms with Crippen LogP contribution in [0.15, 0.2) is 18.2 Å². The molecular formula is C18H18ClN3O4S. The quantitative estimate of drug-likeness (QED) is 0.680. The average Bonchev–Trinajstić information content (AvgIpc) is 2.98. The molecule has 1 aliphatic rings. The Hall–Kier alpha value is -2.58. The van der Waals surface area contributed by atoms with Gasteiger partial charge in [0.15, 0.2) is 6.61 Å². The summed E-state index contributed by atoms with van der Waals surface area (Å²) >= 11 is 7.21. The Bertz CT molecular complexity index is 926. The predicted molar refractivity (Wildman–Crippen MR) is 104 cm³/mol. The first kappa shape index (κ1) is 19.2. The van der Waals surface area contributed by atoms with E-state index in [1.165, 1.54) is 29.5 Å². The van der Waals surface area contributed by atoms with Crippen molar-refractivity contribution >= 4 is 45.7 Å². The highest BCUT2D eigenvalue weighted by Crippen LogP contribution is 2.37. The van der Waals surface area contributed by atoms with E-state index in [4.69, 9.17) is 27.8 Å². The number of amides is 3. The number of halogens is 1. The first-order valence-electron chi connectivity index (χ1n) is 8.33. The van der Waals surface area contributed by atoms with E-state index in [0.717, 1.165) is 36.1 Å². The highest BCUT2D eigenvalue weighted by Gasteiger charge is 2.25. The highest BCUT2D eigenvalue weighted by molar-refractivity contribution is 7.17. The molecule has 0 saturated heterocycles. The lowest BCUT2D eigenvalue weighted by Crippen LogP contribution is -2.23. The number of carbonyl (C=O) groups excluding carboxylic acids is 3. The van der Waals surface area contributed by atoms with Crippen LogP contribution in [-0.4, -0.2) is 24.3 Å². The van der Waals surface area contributed by atoms with E-state index in [0.29, 0.717) is 15.6 Å². The standard InChI is InChI=1S/C18H18ClN3O4S/c19-9-5-6-12(11(7-9)16(20)24)26-8-14(23)22-18-15(17(21)25)10-3-1-2-4-13(10)27-18/h5-7H,1-4,8H2,(H2,20,24)(H2,21,25)(H,22,23). The summed E-state index contributed by atoms with van der Waals surface area (Å²) in [6, 6.07) is 4.36. The van der Waals surface area contributed by atoms with Crippen molar-refractivity contribution in [2.75, 3.05) is 11.9 Å². The number of fused-ring (bicyclic) bond motifs is 1. The van der Waals surface area contributed by atoms with E-state index < -0.39 is 17.7 Å². The molecule has 0 saturated carbocycles. The molecule has 1 aromatic carbocycles. The van der Waals surface area contributed by atoms with Gasteiger partial charge >= 0.3 is 0 Å². The minimum atomic E-state index is -0.713. The summed E-state index contributed by atoms with van der Waals surface area (Å²) < 4.78 is 5.41. The third kappa shape index (κ3) is 4.23. The second kappa shape index (κ2) is 7.98. The summed E-state index contributed by atoms with van der Waals surface area (Å²) in [4.78, 5) is 36.7. The van der Waals surface area contributed by atoms with Crippen LogP contribution in [0.1, 0.15) is 44.0 Å². The van der Waals surface area contributed by atoms with Crippen molar-refractivity contribution in [3.05, 3.63) is 44.8 Å². The lowest BCUT2D eigenvalue weighted by Gasteiger charge is -2.11. The second-order valence-corrected chi connectivity index (χ2v) is 7.66. The molecule has 0 aliphatic heterocycles. The SMILES string of the molecule is NC(=O)c1cc(Cl)ccc1OCC(=O)Nc1sc2c(c1C(N)=O)CCCC2. The number of aryl methyl sites for hydroxylation is 1. The van der Waals surface area contributed by atoms with Crippen molar-refractivity contribution in [2.45, 2.75) is 25.7 Å². The van der Waals surface area contributed by atoms with Crippen molar-refractivity contribution in [1.82, 2.24) is 0 Å². The van der Waals surface area contributed by atoms with Crippen LogP contribution >= 0.6 is 22.9 Å². The van der Waals surface area contributed by atoms with Crippen LogP contribution in [-0.2, 0) is 17.6 Å². The maximum absolute atomic E-state index is 12.3. The Kier molecular flexibility index (Phi) is 5.67. The van der Waals surface area contributed by atoms with E-state index in [2.05, 4.69) is 5.32 Å². The van der Waals surface area contributed by atoms with Crippen molar-refractivity contribution in [3.8, 4) is 5.75 Å². The number of carbonyl (C=O) groups is 3. The number of nitrogens with one attached hydrogen (secondary N) is 1. The minimum Gasteiger partial charge on any atom is -0.483 e. The number of thiophene rings is 1. The van der Waals surface area contributed by atoms with Gasteiger partial charge < -0.3 is 21.5 Å². The summed E-state index contributed by atoms with van der Waals surface area (Å²) in [5.41, 5.74) is 12.2. The van der Waals surface area contributed by atoms with Crippen LogP contribution in [0, 0.1) is 0 Å². The molecule has 27 heavy (non-hydrogen) atoms. The monoisotopic (exact) mass is 407 g/mol. The van der Waals surface area contributed by atoms with Crippen LogP contribution in [0.4, 0.5) is 5.00 Å². The van der Waals surface area contributed by atoms with E-state index in [1.807, 2.05) is 0 Å². The van der Waals surface area contributed by atoms with E-state index in [9.17, 15) is 14.4 Å². The van der Waals surface area contributed by atoms with Gasteiger partial charge in [0, 0.05) is 9.90 Å². The summed E-state index contributed by atoms with van der Waals surface area (Å²) in [7, 11) is 0. The van der Waals surface area contributed by atoms with E-state index >= 15 is 0 Å². The second-order valence-electron chi connectivity index (χ2n) is 6.12.